The van der Waals surface area contributed by atoms with Crippen molar-refractivity contribution in [1.29, 1.82) is 0 Å². The maximum atomic E-state index is 14.5. The molecule has 2 aliphatic rings. The monoisotopic (exact) mass is 698 g/mol. The summed E-state index contributed by atoms with van der Waals surface area (Å²) in [5, 5.41) is 10.7. The molecular formula is C36H54N2O8Si2. The fourth-order valence-electron chi connectivity index (χ4n) is 7.20. The molecule has 0 bridgehead atoms. The number of methoxy groups -OCH3 is 1. The van der Waals surface area contributed by atoms with Crippen LogP contribution in [0.15, 0.2) is 42.5 Å². The molecule has 0 aliphatic carbocycles. The van der Waals surface area contributed by atoms with Crippen molar-refractivity contribution in [2.45, 2.75) is 122 Å². The molecule has 1 unspecified atom stereocenters. The average Bonchev–Trinajstić information content (AvgIpc) is 3.38. The molecule has 48 heavy (non-hydrogen) atoms. The number of esters is 1. The predicted octanol–water partition coefficient (Wildman–Crippen LogP) is 8.54. The van der Waals surface area contributed by atoms with Gasteiger partial charge in [0.1, 0.15) is 11.9 Å². The molecule has 2 aliphatic heterocycles. The maximum Gasteiger partial charge on any atom is 0.414 e. The molecule has 10 nitrogen and oxygen atoms in total. The van der Waals surface area contributed by atoms with Gasteiger partial charge in [0.25, 0.3) is 14.2 Å². The van der Waals surface area contributed by atoms with E-state index in [0.29, 0.717) is 17.1 Å². The number of benzene rings is 2. The first-order valence-electron chi connectivity index (χ1n) is 16.9. The normalized spacial score (nSPS) is 20.1. The zero-order valence-corrected chi connectivity index (χ0v) is 32.6. The SMILES string of the molecule is COc1cc2c(cc1O[Si](C(C)C)(C(C)C)C(C)C)N(C(=O)O)[C@@H](O[Si](C)(C)C(C)(C)C)C1C[C@H](OC(=O)c3ccccc3)CN1C2=O. The first kappa shape index (κ1) is 37.5. The molecule has 2 aromatic carbocycles. The summed E-state index contributed by atoms with van der Waals surface area (Å²) in [6.07, 6.45) is -2.76. The lowest BCUT2D eigenvalue weighted by Gasteiger charge is -2.44. The number of hydrogen-bond acceptors (Lipinski definition) is 7. The van der Waals surface area contributed by atoms with Gasteiger partial charge in [-0.05, 0) is 53.0 Å². The Balaban J connectivity index is 1.89. The highest BCUT2D eigenvalue weighted by Gasteiger charge is 2.53. The van der Waals surface area contributed by atoms with Gasteiger partial charge in [-0.15, -0.1) is 0 Å². The van der Waals surface area contributed by atoms with Crippen LogP contribution >= 0.6 is 0 Å². The van der Waals surface area contributed by atoms with E-state index < -0.39 is 47.1 Å². The first-order valence-corrected chi connectivity index (χ1v) is 22.0. The number of amides is 2. The molecule has 12 heteroatoms. The molecule has 264 valence electrons. The Labute approximate surface area is 287 Å². The average molecular weight is 699 g/mol. The number of carboxylic acid groups (broad SMARTS) is 1. The summed E-state index contributed by atoms with van der Waals surface area (Å²) in [4.78, 5) is 43.8. The quantitative estimate of drug-likeness (QED) is 0.194. The van der Waals surface area contributed by atoms with Gasteiger partial charge in [-0.2, -0.15) is 0 Å². The van der Waals surface area contributed by atoms with Crippen LogP contribution in [0.3, 0.4) is 0 Å². The molecular weight excluding hydrogens is 645 g/mol. The zero-order valence-electron chi connectivity index (χ0n) is 30.6. The van der Waals surface area contributed by atoms with Crippen LogP contribution in [-0.4, -0.2) is 76.6 Å². The van der Waals surface area contributed by atoms with Gasteiger partial charge in [0.15, 0.2) is 20.3 Å². The third-order valence-electron chi connectivity index (χ3n) is 10.6. The van der Waals surface area contributed by atoms with Crippen molar-refractivity contribution < 1.29 is 37.8 Å². The van der Waals surface area contributed by atoms with Crippen molar-refractivity contribution in [3.8, 4) is 11.5 Å². The lowest BCUT2D eigenvalue weighted by atomic mass is 10.1. The second kappa shape index (κ2) is 13.9. The second-order valence-corrected chi connectivity index (χ2v) is 25.6. The minimum Gasteiger partial charge on any atom is -0.540 e. The summed E-state index contributed by atoms with van der Waals surface area (Å²) in [6, 6.07) is 11.2. The van der Waals surface area contributed by atoms with E-state index in [2.05, 4.69) is 75.4 Å². The van der Waals surface area contributed by atoms with Crippen molar-refractivity contribution in [2.75, 3.05) is 18.6 Å². The summed E-state index contributed by atoms with van der Waals surface area (Å²) in [7, 11) is -3.61. The van der Waals surface area contributed by atoms with E-state index in [1.807, 2.05) is 6.07 Å². The van der Waals surface area contributed by atoms with Gasteiger partial charge in [-0.3, -0.25) is 4.79 Å². The Morgan fingerprint density at radius 3 is 2.02 bits per heavy atom. The molecule has 0 saturated carbocycles. The van der Waals surface area contributed by atoms with Crippen LogP contribution in [0.1, 0.15) is 89.5 Å². The van der Waals surface area contributed by atoms with Crippen LogP contribution in [-0.2, 0) is 9.16 Å². The van der Waals surface area contributed by atoms with E-state index in [0.717, 1.165) is 0 Å². The van der Waals surface area contributed by atoms with Gasteiger partial charge < -0.3 is 28.3 Å². The van der Waals surface area contributed by atoms with Crippen LogP contribution in [0, 0.1) is 0 Å². The molecule has 2 heterocycles. The highest BCUT2D eigenvalue weighted by molar-refractivity contribution is 6.78. The summed E-state index contributed by atoms with van der Waals surface area (Å²) in [6.45, 7) is 23.5. The minimum atomic E-state index is -2.63. The number of anilines is 1. The summed E-state index contributed by atoms with van der Waals surface area (Å²) in [5.41, 5.74) is 1.49. The maximum absolute atomic E-state index is 14.5. The van der Waals surface area contributed by atoms with Gasteiger partial charge in [-0.1, -0.05) is 80.5 Å². The molecule has 2 aromatic rings. The Morgan fingerprint density at radius 2 is 1.52 bits per heavy atom. The van der Waals surface area contributed by atoms with E-state index >= 15 is 0 Å². The molecule has 4 rings (SSSR count). The highest BCUT2D eigenvalue weighted by atomic mass is 28.4. The van der Waals surface area contributed by atoms with Crippen LogP contribution in [0.4, 0.5) is 10.5 Å². The zero-order chi connectivity index (χ0) is 35.9. The summed E-state index contributed by atoms with van der Waals surface area (Å²) >= 11 is 0. The molecule has 3 atom stereocenters. The van der Waals surface area contributed by atoms with Crippen molar-refractivity contribution in [1.82, 2.24) is 4.90 Å². The number of hydrogen-bond donors (Lipinski definition) is 1. The molecule has 1 fully saturated rings. The Kier molecular flexibility index (Phi) is 10.8. The fourth-order valence-corrected chi connectivity index (χ4v) is 13.7. The van der Waals surface area contributed by atoms with E-state index in [9.17, 15) is 19.5 Å². The number of nitrogens with zero attached hydrogens (tertiary/aromatic N) is 2. The Morgan fingerprint density at radius 1 is 0.938 bits per heavy atom. The van der Waals surface area contributed by atoms with E-state index in [1.165, 1.54) is 12.0 Å². The van der Waals surface area contributed by atoms with Crippen LogP contribution in [0.2, 0.25) is 34.8 Å². The lowest BCUT2D eigenvalue weighted by molar-refractivity contribution is 0.0314. The number of fused-ring (bicyclic) bond motifs is 2. The van der Waals surface area contributed by atoms with Crippen molar-refractivity contribution in [3.05, 3.63) is 53.6 Å². The minimum absolute atomic E-state index is 0.0942. The number of rotatable bonds is 10. The third-order valence-corrected chi connectivity index (χ3v) is 21.1. The molecule has 0 aromatic heterocycles. The Bertz CT molecular complexity index is 1480. The smallest absolute Gasteiger partial charge is 0.414 e. The van der Waals surface area contributed by atoms with Gasteiger partial charge in [0.2, 0.25) is 0 Å². The van der Waals surface area contributed by atoms with Gasteiger partial charge in [-0.25, -0.2) is 14.5 Å². The van der Waals surface area contributed by atoms with E-state index in [4.69, 9.17) is 18.3 Å². The van der Waals surface area contributed by atoms with Crippen LogP contribution in [0.5, 0.6) is 11.5 Å². The van der Waals surface area contributed by atoms with Gasteiger partial charge in [0, 0.05) is 12.5 Å². The Hall–Kier alpha value is -3.36. The standard InChI is InChI=1S/C36H54N2O8Si2/c1-22(2)48(23(3)4,24(5)6)45-31-20-28-27(19-30(31)43-10)32(39)37-21-26(44-34(40)25-16-14-13-15-17-25)18-29(37)33(38(28)35(41)42)46-47(11,12)36(7,8)9/h13-17,19-20,22-24,26,29,33H,18,21H2,1-12H3,(H,41,42)/t26-,29?,33-/m0/s1. The summed E-state index contributed by atoms with van der Waals surface area (Å²) < 4.78 is 25.7. The number of carbonyl (C=O) groups is 3. The fraction of sp³-hybridized carbons (Fsp3) is 0.583. The molecule has 1 saturated heterocycles. The number of ether oxygens (including phenoxy) is 2. The molecule has 0 spiro atoms. The third kappa shape index (κ3) is 6.88. The van der Waals surface area contributed by atoms with Crippen LogP contribution < -0.4 is 14.1 Å². The summed E-state index contributed by atoms with van der Waals surface area (Å²) in [5.74, 6) is -0.107. The van der Waals surface area contributed by atoms with Crippen molar-refractivity contribution in [2.24, 2.45) is 0 Å². The molecule has 1 N–H and O–H groups in total. The topological polar surface area (TPSA) is 115 Å². The van der Waals surface area contributed by atoms with E-state index in [1.54, 1.807) is 41.3 Å². The van der Waals surface area contributed by atoms with Crippen LogP contribution in [0.25, 0.3) is 0 Å². The molecule has 2 amide bonds. The molecule has 0 radical (unpaired) electrons. The lowest BCUT2D eigenvalue weighted by Crippen LogP contribution is -2.57. The highest BCUT2D eigenvalue weighted by Crippen LogP contribution is 2.49. The predicted molar refractivity (Wildman–Crippen MR) is 192 cm³/mol. The second-order valence-electron chi connectivity index (χ2n) is 15.5. The number of carbonyl (C=O) groups excluding carboxylic acids is 2. The van der Waals surface area contributed by atoms with E-state index in [-0.39, 0.29) is 51.8 Å². The largest absolute Gasteiger partial charge is 0.540 e. The van der Waals surface area contributed by atoms with Crippen molar-refractivity contribution in [3.63, 3.8) is 0 Å². The first-order chi connectivity index (χ1) is 22.3. The van der Waals surface area contributed by atoms with Gasteiger partial charge >= 0.3 is 12.1 Å². The van der Waals surface area contributed by atoms with Crippen molar-refractivity contribution >= 4 is 40.3 Å². The van der Waals surface area contributed by atoms with Gasteiger partial charge in [0.05, 0.1) is 36.5 Å².